The number of nitrogens with zero attached hydrogens (tertiary/aromatic N) is 3. The summed E-state index contributed by atoms with van der Waals surface area (Å²) in [6.07, 6.45) is 3.36. The number of aryl methyl sites for hydroxylation is 1. The monoisotopic (exact) mass is 458 g/mol. The zero-order chi connectivity index (χ0) is 24.5. The van der Waals surface area contributed by atoms with Crippen LogP contribution in [0.3, 0.4) is 0 Å². The van der Waals surface area contributed by atoms with Crippen molar-refractivity contribution in [3.8, 4) is 11.8 Å². The molecule has 7 heteroatoms. The molecular formula is C27H30N4O3. The lowest BCUT2D eigenvalue weighted by molar-refractivity contribution is -0.117. The number of hydrogen-bond donors (Lipinski definition) is 1. The van der Waals surface area contributed by atoms with E-state index in [0.717, 1.165) is 28.2 Å². The third kappa shape index (κ3) is 6.33. The highest BCUT2D eigenvalue weighted by Gasteiger charge is 2.16. The molecular weight excluding hydrogens is 428 g/mol. The Kier molecular flexibility index (Phi) is 8.60. The molecule has 1 unspecified atom stereocenters. The van der Waals surface area contributed by atoms with Crippen LogP contribution < -0.4 is 10.1 Å². The Bertz CT molecular complexity index is 1190. The summed E-state index contributed by atoms with van der Waals surface area (Å²) in [5.74, 6) is 0.267. The number of carbonyl (C=O) groups is 1. The fourth-order valence-corrected chi connectivity index (χ4v) is 3.91. The normalized spacial score (nSPS) is 12.1. The molecule has 176 valence electrons. The molecule has 1 N–H and O–H groups in total. The highest BCUT2D eigenvalue weighted by atomic mass is 16.5. The van der Waals surface area contributed by atoms with E-state index in [4.69, 9.17) is 9.47 Å². The van der Waals surface area contributed by atoms with E-state index in [1.165, 1.54) is 0 Å². The molecule has 0 bridgehead atoms. The quantitative estimate of drug-likeness (QED) is 0.357. The summed E-state index contributed by atoms with van der Waals surface area (Å²) < 4.78 is 13.2. The fraction of sp³-hybridized carbons (Fsp3) is 0.296. The number of benzene rings is 1. The number of rotatable bonds is 10. The maximum atomic E-state index is 12.7. The summed E-state index contributed by atoms with van der Waals surface area (Å²) in [5.41, 5.74) is 4.64. The van der Waals surface area contributed by atoms with Crippen LogP contribution in [-0.2, 0) is 22.7 Å². The van der Waals surface area contributed by atoms with Gasteiger partial charge in [0.05, 0.1) is 18.3 Å². The molecule has 3 rings (SSSR count). The van der Waals surface area contributed by atoms with Gasteiger partial charge in [-0.3, -0.25) is 9.78 Å². The minimum Gasteiger partial charge on any atom is -0.487 e. The number of carbonyl (C=O) groups excluding carboxylic acids is 1. The Labute approximate surface area is 200 Å². The standard InChI is InChI=1S/C27H30N4O3/c1-19-12-23(21(3)31(19)20(2)17-33-4)14-24(15-28)27(32)30-16-22-8-7-10-26(13-22)34-18-25-9-5-6-11-29-25/h5-14,20H,16-18H2,1-4H3,(H,30,32)/b24-14-. The van der Waals surface area contributed by atoms with E-state index in [9.17, 15) is 10.1 Å². The molecule has 0 radical (unpaired) electrons. The molecule has 0 fully saturated rings. The lowest BCUT2D eigenvalue weighted by atomic mass is 10.1. The van der Waals surface area contributed by atoms with Crippen LogP contribution in [0.4, 0.5) is 0 Å². The van der Waals surface area contributed by atoms with Crippen molar-refractivity contribution in [2.75, 3.05) is 13.7 Å². The number of aromatic nitrogens is 2. The van der Waals surface area contributed by atoms with Crippen molar-refractivity contribution < 1.29 is 14.3 Å². The number of hydrogen-bond acceptors (Lipinski definition) is 5. The summed E-state index contributed by atoms with van der Waals surface area (Å²) in [6.45, 7) is 7.28. The lowest BCUT2D eigenvalue weighted by Gasteiger charge is -2.17. The van der Waals surface area contributed by atoms with Crippen molar-refractivity contribution >= 4 is 12.0 Å². The van der Waals surface area contributed by atoms with Crippen LogP contribution in [0.5, 0.6) is 5.75 Å². The first kappa shape index (κ1) is 24.7. The summed E-state index contributed by atoms with van der Waals surface area (Å²) in [7, 11) is 1.67. The third-order valence-corrected chi connectivity index (χ3v) is 5.50. The van der Waals surface area contributed by atoms with Crippen LogP contribution in [0.2, 0.25) is 0 Å². The van der Waals surface area contributed by atoms with Gasteiger partial charge in [-0.2, -0.15) is 5.26 Å². The van der Waals surface area contributed by atoms with Crippen LogP contribution in [0.25, 0.3) is 6.08 Å². The van der Waals surface area contributed by atoms with Gasteiger partial charge < -0.3 is 19.4 Å². The Morgan fingerprint density at radius 1 is 1.24 bits per heavy atom. The molecule has 0 spiro atoms. The van der Waals surface area contributed by atoms with Crippen molar-refractivity contribution in [1.82, 2.24) is 14.9 Å². The zero-order valence-corrected chi connectivity index (χ0v) is 20.0. The SMILES string of the molecule is COCC(C)n1c(C)cc(/C=C(/C#N)C(=O)NCc2cccc(OCc3ccccn3)c2)c1C. The average Bonchev–Trinajstić information content (AvgIpc) is 3.13. The summed E-state index contributed by atoms with van der Waals surface area (Å²) >= 11 is 0. The predicted octanol–water partition coefficient (Wildman–Crippen LogP) is 4.51. The van der Waals surface area contributed by atoms with E-state index in [1.807, 2.05) is 68.4 Å². The molecule has 7 nitrogen and oxygen atoms in total. The average molecular weight is 459 g/mol. The number of methoxy groups -OCH3 is 1. The first-order chi connectivity index (χ1) is 16.4. The molecule has 1 atom stereocenters. The summed E-state index contributed by atoms with van der Waals surface area (Å²) in [6, 6.07) is 17.3. The van der Waals surface area contributed by atoms with Crippen LogP contribution in [0.1, 0.15) is 41.2 Å². The Morgan fingerprint density at radius 2 is 2.06 bits per heavy atom. The van der Waals surface area contributed by atoms with Crippen molar-refractivity contribution in [2.45, 2.75) is 40.0 Å². The first-order valence-corrected chi connectivity index (χ1v) is 11.1. The van der Waals surface area contributed by atoms with Crippen LogP contribution in [0.15, 0.2) is 60.3 Å². The smallest absolute Gasteiger partial charge is 0.262 e. The van der Waals surface area contributed by atoms with E-state index in [-0.39, 0.29) is 18.2 Å². The highest BCUT2D eigenvalue weighted by molar-refractivity contribution is 6.01. The van der Waals surface area contributed by atoms with Gasteiger partial charge in [0, 0.05) is 31.2 Å². The van der Waals surface area contributed by atoms with Gasteiger partial charge in [0.25, 0.3) is 5.91 Å². The predicted molar refractivity (Wildman–Crippen MR) is 131 cm³/mol. The van der Waals surface area contributed by atoms with Crippen molar-refractivity contribution in [3.63, 3.8) is 0 Å². The molecule has 0 saturated carbocycles. The molecule has 34 heavy (non-hydrogen) atoms. The van der Waals surface area contributed by atoms with Crippen LogP contribution in [0, 0.1) is 25.2 Å². The number of pyridine rings is 1. The largest absolute Gasteiger partial charge is 0.487 e. The van der Waals surface area contributed by atoms with Crippen molar-refractivity contribution in [2.24, 2.45) is 0 Å². The lowest BCUT2D eigenvalue weighted by Crippen LogP contribution is -2.24. The molecule has 0 aliphatic carbocycles. The van der Waals surface area contributed by atoms with E-state index in [1.54, 1.807) is 19.4 Å². The maximum absolute atomic E-state index is 12.7. The van der Waals surface area contributed by atoms with Gasteiger partial charge in [-0.05, 0) is 68.3 Å². The molecule has 1 aromatic carbocycles. The number of nitrogens with one attached hydrogen (secondary N) is 1. The van der Waals surface area contributed by atoms with Crippen LogP contribution >= 0.6 is 0 Å². The number of ether oxygens (including phenoxy) is 2. The highest BCUT2D eigenvalue weighted by Crippen LogP contribution is 2.23. The second kappa shape index (κ2) is 11.8. The van der Waals surface area contributed by atoms with Gasteiger partial charge in [-0.15, -0.1) is 0 Å². The van der Waals surface area contributed by atoms with E-state index in [0.29, 0.717) is 19.0 Å². The second-order valence-electron chi connectivity index (χ2n) is 8.11. The fourth-order valence-electron chi connectivity index (χ4n) is 3.91. The first-order valence-electron chi connectivity index (χ1n) is 11.1. The maximum Gasteiger partial charge on any atom is 0.262 e. The third-order valence-electron chi connectivity index (χ3n) is 5.50. The van der Waals surface area contributed by atoms with Gasteiger partial charge >= 0.3 is 0 Å². The molecule has 0 aliphatic heterocycles. The molecule has 1 amide bonds. The zero-order valence-electron chi connectivity index (χ0n) is 20.0. The van der Waals surface area contributed by atoms with E-state index >= 15 is 0 Å². The van der Waals surface area contributed by atoms with Gasteiger partial charge in [-0.25, -0.2) is 0 Å². The molecule has 0 saturated heterocycles. The van der Waals surface area contributed by atoms with Crippen molar-refractivity contribution in [3.05, 3.63) is 88.5 Å². The molecule has 2 heterocycles. The molecule has 3 aromatic rings. The Balaban J connectivity index is 1.65. The Morgan fingerprint density at radius 3 is 2.76 bits per heavy atom. The minimum atomic E-state index is -0.419. The second-order valence-corrected chi connectivity index (χ2v) is 8.11. The van der Waals surface area contributed by atoms with Gasteiger partial charge in [0.15, 0.2) is 0 Å². The van der Waals surface area contributed by atoms with Crippen molar-refractivity contribution in [1.29, 1.82) is 5.26 Å². The molecule has 2 aromatic heterocycles. The van der Waals surface area contributed by atoms with Gasteiger partial charge in [0.2, 0.25) is 0 Å². The van der Waals surface area contributed by atoms with Gasteiger partial charge in [0.1, 0.15) is 24.0 Å². The van der Waals surface area contributed by atoms with Gasteiger partial charge in [-0.1, -0.05) is 18.2 Å². The number of amides is 1. The topological polar surface area (TPSA) is 89.2 Å². The van der Waals surface area contributed by atoms with E-state index in [2.05, 4.69) is 21.8 Å². The minimum absolute atomic E-state index is 0.0576. The summed E-state index contributed by atoms with van der Waals surface area (Å²) in [5, 5.41) is 12.4. The Hall–Kier alpha value is -3.89. The molecule has 0 aliphatic rings. The number of nitriles is 1. The van der Waals surface area contributed by atoms with E-state index < -0.39 is 5.91 Å². The van der Waals surface area contributed by atoms with Crippen LogP contribution in [-0.4, -0.2) is 29.2 Å². The summed E-state index contributed by atoms with van der Waals surface area (Å²) in [4.78, 5) is 17.0.